The number of carbonyl (C=O) groups excluding carboxylic acids is 1. The molecule has 0 atom stereocenters. The number of H-pyrrole nitrogens is 1. The van der Waals surface area contributed by atoms with Crippen molar-refractivity contribution < 1.29 is 9.18 Å². The van der Waals surface area contributed by atoms with Gasteiger partial charge in [0.1, 0.15) is 12.4 Å². The van der Waals surface area contributed by atoms with Crippen LogP contribution in [0.15, 0.2) is 48.5 Å². The van der Waals surface area contributed by atoms with Crippen LogP contribution in [-0.4, -0.2) is 31.0 Å². The molecule has 0 fully saturated rings. The molecular weight excluding hydrogens is 321 g/mol. The van der Waals surface area contributed by atoms with Gasteiger partial charge in [-0.25, -0.2) is 4.39 Å². The molecule has 6 nitrogen and oxygen atoms in total. The van der Waals surface area contributed by atoms with Crippen molar-refractivity contribution in [2.75, 3.05) is 0 Å². The smallest absolute Gasteiger partial charge is 0.204 e. The molecule has 4 aromatic rings. The fourth-order valence-corrected chi connectivity index (χ4v) is 2.87. The van der Waals surface area contributed by atoms with Crippen molar-refractivity contribution in [3.63, 3.8) is 0 Å². The van der Waals surface area contributed by atoms with Crippen LogP contribution in [0.3, 0.4) is 0 Å². The van der Waals surface area contributed by atoms with E-state index < -0.39 is 0 Å². The van der Waals surface area contributed by atoms with Crippen LogP contribution in [0.4, 0.5) is 4.39 Å². The summed E-state index contributed by atoms with van der Waals surface area (Å²) in [5.74, 6) is -0.0809. The molecule has 0 aliphatic carbocycles. The average Bonchev–Trinajstić information content (AvgIpc) is 3.18. The van der Waals surface area contributed by atoms with Crippen molar-refractivity contribution in [1.82, 2.24) is 25.2 Å². The summed E-state index contributed by atoms with van der Waals surface area (Å²) in [6, 6.07) is 13.5. The maximum atomic E-state index is 13.0. The molecule has 2 aromatic heterocycles. The highest BCUT2D eigenvalue weighted by Crippen LogP contribution is 2.22. The number of ketones is 1. The van der Waals surface area contributed by atoms with Crippen LogP contribution >= 0.6 is 0 Å². The summed E-state index contributed by atoms with van der Waals surface area (Å²) in [5, 5.41) is 12.9. The van der Waals surface area contributed by atoms with Gasteiger partial charge in [0, 0.05) is 27.7 Å². The molecule has 2 aromatic carbocycles. The summed E-state index contributed by atoms with van der Waals surface area (Å²) in [7, 11) is 0. The number of benzene rings is 2. The highest BCUT2D eigenvalue weighted by molar-refractivity contribution is 6.09. The molecule has 0 amide bonds. The lowest BCUT2D eigenvalue weighted by molar-refractivity contribution is 0.0962. The van der Waals surface area contributed by atoms with E-state index in [1.807, 2.05) is 31.2 Å². The zero-order valence-corrected chi connectivity index (χ0v) is 13.4. The first-order chi connectivity index (χ1) is 12.1. The van der Waals surface area contributed by atoms with E-state index in [1.165, 1.54) is 16.9 Å². The summed E-state index contributed by atoms with van der Waals surface area (Å²) in [4.78, 5) is 17.2. The fourth-order valence-electron chi connectivity index (χ4n) is 2.87. The molecule has 0 unspecified atom stereocenters. The van der Waals surface area contributed by atoms with Crippen LogP contribution in [0.25, 0.3) is 22.3 Å². The third-order valence-corrected chi connectivity index (χ3v) is 4.01. The number of aromatic amines is 1. The van der Waals surface area contributed by atoms with Crippen molar-refractivity contribution in [3.05, 3.63) is 65.6 Å². The maximum Gasteiger partial charge on any atom is 0.204 e. The zero-order chi connectivity index (χ0) is 17.4. The van der Waals surface area contributed by atoms with Crippen molar-refractivity contribution in [2.45, 2.75) is 13.5 Å². The number of Topliss-reactive ketones (excluding diaryl/α,β-unsaturated/α-hetero) is 1. The minimum atomic E-state index is -0.332. The first kappa shape index (κ1) is 15.2. The number of nitrogens with one attached hydrogen (secondary N) is 1. The molecule has 0 saturated carbocycles. The van der Waals surface area contributed by atoms with E-state index in [0.717, 1.165) is 16.6 Å². The fraction of sp³-hybridized carbons (Fsp3) is 0.111. The lowest BCUT2D eigenvalue weighted by atomic mass is 10.1. The number of aryl methyl sites for hydroxylation is 1. The van der Waals surface area contributed by atoms with E-state index in [1.54, 1.807) is 12.1 Å². The quantitative estimate of drug-likeness (QED) is 0.581. The third kappa shape index (κ3) is 2.80. The molecule has 25 heavy (non-hydrogen) atoms. The van der Waals surface area contributed by atoms with Crippen LogP contribution in [0.1, 0.15) is 16.1 Å². The van der Waals surface area contributed by atoms with E-state index in [0.29, 0.717) is 17.0 Å². The van der Waals surface area contributed by atoms with E-state index in [2.05, 4.69) is 20.4 Å². The summed E-state index contributed by atoms with van der Waals surface area (Å²) in [6.07, 6.45) is 0. The lowest BCUT2D eigenvalue weighted by Gasteiger charge is -2.00. The normalized spacial score (nSPS) is 11.1. The Labute approximate surface area is 142 Å². The summed E-state index contributed by atoms with van der Waals surface area (Å²) < 4.78 is 13.0. The second-order valence-electron chi connectivity index (χ2n) is 5.74. The number of para-hydroxylation sites is 1. The molecule has 2 heterocycles. The number of tetrazole rings is 1. The van der Waals surface area contributed by atoms with Gasteiger partial charge < -0.3 is 4.98 Å². The number of aromatic nitrogens is 5. The number of carbonyl (C=O) groups is 1. The second kappa shape index (κ2) is 5.94. The van der Waals surface area contributed by atoms with E-state index in [4.69, 9.17) is 0 Å². The molecule has 124 valence electrons. The van der Waals surface area contributed by atoms with Crippen LogP contribution in [0.2, 0.25) is 0 Å². The van der Waals surface area contributed by atoms with Gasteiger partial charge in [-0.2, -0.15) is 4.80 Å². The molecule has 4 rings (SSSR count). The first-order valence-electron chi connectivity index (χ1n) is 7.76. The van der Waals surface area contributed by atoms with Gasteiger partial charge in [-0.15, -0.1) is 10.2 Å². The van der Waals surface area contributed by atoms with Crippen LogP contribution in [0.5, 0.6) is 0 Å². The number of hydrogen-bond donors (Lipinski definition) is 1. The second-order valence-corrected chi connectivity index (χ2v) is 5.74. The maximum absolute atomic E-state index is 13.0. The number of nitrogens with zero attached hydrogens (tertiary/aromatic N) is 4. The molecule has 0 aliphatic rings. The Kier molecular flexibility index (Phi) is 3.61. The summed E-state index contributed by atoms with van der Waals surface area (Å²) >= 11 is 0. The number of rotatable bonds is 4. The number of hydrogen-bond acceptors (Lipinski definition) is 4. The molecule has 1 N–H and O–H groups in total. The zero-order valence-electron chi connectivity index (χ0n) is 13.4. The van der Waals surface area contributed by atoms with E-state index in [9.17, 15) is 9.18 Å². The van der Waals surface area contributed by atoms with E-state index >= 15 is 0 Å². The highest BCUT2D eigenvalue weighted by Gasteiger charge is 2.17. The van der Waals surface area contributed by atoms with Gasteiger partial charge in [-0.05, 0) is 42.5 Å². The lowest BCUT2D eigenvalue weighted by Crippen LogP contribution is -2.14. The minimum absolute atomic E-state index is 0.0170. The monoisotopic (exact) mass is 335 g/mol. The van der Waals surface area contributed by atoms with Crippen LogP contribution < -0.4 is 0 Å². The van der Waals surface area contributed by atoms with Crippen molar-refractivity contribution in [1.29, 1.82) is 0 Å². The Morgan fingerprint density at radius 1 is 1.16 bits per heavy atom. The minimum Gasteiger partial charge on any atom is -0.358 e. The SMILES string of the molecule is Cc1[nH]c2ccccc2c1C(=O)Cn1nnc(-c2ccc(F)cc2)n1. The van der Waals surface area contributed by atoms with Gasteiger partial charge >= 0.3 is 0 Å². The number of fused-ring (bicyclic) bond motifs is 1. The molecule has 0 bridgehead atoms. The van der Waals surface area contributed by atoms with E-state index in [-0.39, 0.29) is 18.1 Å². The van der Waals surface area contributed by atoms with Gasteiger partial charge in [-0.1, -0.05) is 18.2 Å². The molecule has 0 saturated heterocycles. The number of halogens is 1. The Bertz CT molecular complexity index is 1060. The van der Waals surface area contributed by atoms with Crippen LogP contribution in [0, 0.1) is 12.7 Å². The largest absolute Gasteiger partial charge is 0.358 e. The van der Waals surface area contributed by atoms with Gasteiger partial charge in [-0.3, -0.25) is 4.79 Å². The Hall–Kier alpha value is -3.35. The first-order valence-corrected chi connectivity index (χ1v) is 7.76. The predicted molar refractivity (Wildman–Crippen MR) is 90.6 cm³/mol. The molecule has 0 aliphatic heterocycles. The highest BCUT2D eigenvalue weighted by atomic mass is 19.1. The van der Waals surface area contributed by atoms with Crippen molar-refractivity contribution in [3.8, 4) is 11.4 Å². The Morgan fingerprint density at radius 3 is 2.72 bits per heavy atom. The third-order valence-electron chi connectivity index (χ3n) is 4.01. The van der Waals surface area contributed by atoms with Gasteiger partial charge in [0.15, 0.2) is 5.78 Å². The molecule has 0 spiro atoms. The van der Waals surface area contributed by atoms with Gasteiger partial charge in [0.05, 0.1) is 0 Å². The summed E-state index contributed by atoms with van der Waals surface area (Å²) in [6.45, 7) is 1.85. The predicted octanol–water partition coefficient (Wildman–Crippen LogP) is 3.15. The van der Waals surface area contributed by atoms with Crippen molar-refractivity contribution in [2.24, 2.45) is 0 Å². The Morgan fingerprint density at radius 2 is 1.92 bits per heavy atom. The Balaban J connectivity index is 1.61. The summed E-state index contributed by atoms with van der Waals surface area (Å²) in [5.41, 5.74) is 3.01. The topological polar surface area (TPSA) is 76.5 Å². The van der Waals surface area contributed by atoms with Crippen LogP contribution in [-0.2, 0) is 6.54 Å². The van der Waals surface area contributed by atoms with Gasteiger partial charge in [0.25, 0.3) is 0 Å². The molecule has 7 heteroatoms. The van der Waals surface area contributed by atoms with Crippen molar-refractivity contribution >= 4 is 16.7 Å². The molecular formula is C18H14FN5O. The standard InChI is InChI=1S/C18H14FN5O/c1-11-17(14-4-2-3-5-15(14)20-11)16(25)10-24-22-18(21-23-24)12-6-8-13(19)9-7-12/h2-9,20H,10H2,1H3. The van der Waals surface area contributed by atoms with Gasteiger partial charge in [0.2, 0.25) is 5.82 Å². The molecule has 0 radical (unpaired) electrons. The average molecular weight is 335 g/mol.